The lowest BCUT2D eigenvalue weighted by molar-refractivity contribution is 0.0520. The molecule has 1 aliphatic heterocycles. The number of aliphatic hydroxyl groups is 2. The minimum Gasteiger partial charge on any atom is -0.501 e. The minimum atomic E-state index is -1.10. The molecular formula is C32H30FN5O6. The lowest BCUT2D eigenvalue weighted by atomic mass is 9.86. The van der Waals surface area contributed by atoms with Gasteiger partial charge in [-0.05, 0) is 47.9 Å². The van der Waals surface area contributed by atoms with E-state index in [4.69, 9.17) is 4.42 Å². The Morgan fingerprint density at radius 2 is 1.86 bits per heavy atom. The summed E-state index contributed by atoms with van der Waals surface area (Å²) in [6.07, 6.45) is -0.608. The zero-order valence-corrected chi connectivity index (χ0v) is 24.0. The number of nitrogens with zero attached hydrogens (tertiary/aromatic N) is 5. The van der Waals surface area contributed by atoms with Gasteiger partial charge in [-0.1, -0.05) is 36.4 Å². The van der Waals surface area contributed by atoms with Gasteiger partial charge in [-0.25, -0.2) is 14.4 Å². The maximum atomic E-state index is 15.5. The molecule has 0 saturated carbocycles. The quantitative estimate of drug-likeness (QED) is 0.257. The van der Waals surface area contributed by atoms with Crippen LogP contribution in [0, 0.1) is 5.82 Å². The second-order valence-corrected chi connectivity index (χ2v) is 10.8. The molecular weight excluding hydrogens is 569 g/mol. The maximum Gasteiger partial charge on any atom is 0.297 e. The number of anilines is 1. The van der Waals surface area contributed by atoms with Crippen molar-refractivity contribution in [2.24, 2.45) is 7.05 Å². The number of hydrogen-bond acceptors (Lipinski definition) is 9. The van der Waals surface area contributed by atoms with Gasteiger partial charge in [0.15, 0.2) is 11.3 Å². The molecule has 1 aliphatic rings. The predicted octanol–water partition coefficient (Wildman–Crippen LogP) is 3.01. The molecule has 1 amide bonds. The van der Waals surface area contributed by atoms with E-state index < -0.39 is 41.8 Å². The van der Waals surface area contributed by atoms with Crippen LogP contribution in [0.4, 0.5) is 10.3 Å². The summed E-state index contributed by atoms with van der Waals surface area (Å²) in [6, 6.07) is 17.6. The van der Waals surface area contributed by atoms with Crippen molar-refractivity contribution < 1.29 is 28.9 Å². The zero-order valence-electron chi connectivity index (χ0n) is 24.0. The summed E-state index contributed by atoms with van der Waals surface area (Å²) in [5.74, 6) is -1.41. The molecule has 3 N–H and O–H groups in total. The van der Waals surface area contributed by atoms with Crippen LogP contribution in [0.25, 0.3) is 22.7 Å². The fourth-order valence-electron chi connectivity index (χ4n) is 5.63. The summed E-state index contributed by atoms with van der Waals surface area (Å²) >= 11 is 0. The van der Waals surface area contributed by atoms with Crippen LogP contribution >= 0.6 is 0 Å². The largest absolute Gasteiger partial charge is 0.501 e. The van der Waals surface area contributed by atoms with Crippen LogP contribution in [0.5, 0.6) is 5.75 Å². The molecule has 6 rings (SSSR count). The molecule has 3 heterocycles. The van der Waals surface area contributed by atoms with E-state index in [0.717, 1.165) is 5.56 Å². The van der Waals surface area contributed by atoms with Crippen molar-refractivity contribution in [2.75, 3.05) is 31.6 Å². The first-order valence-electron chi connectivity index (χ1n) is 14.0. The van der Waals surface area contributed by atoms with Crippen molar-refractivity contribution in [1.82, 2.24) is 19.4 Å². The minimum absolute atomic E-state index is 0.0384. The number of amides is 1. The highest BCUT2D eigenvalue weighted by atomic mass is 19.1. The molecule has 0 aliphatic carbocycles. The average Bonchev–Trinajstić information content (AvgIpc) is 3.47. The molecule has 2 unspecified atom stereocenters. The molecule has 44 heavy (non-hydrogen) atoms. The topological polar surface area (TPSA) is 145 Å². The number of para-hydroxylation sites is 2. The predicted molar refractivity (Wildman–Crippen MR) is 160 cm³/mol. The Hall–Kier alpha value is -5.07. The maximum absolute atomic E-state index is 15.5. The molecule has 3 aromatic carbocycles. The fourth-order valence-corrected chi connectivity index (χ4v) is 5.63. The van der Waals surface area contributed by atoms with Gasteiger partial charge >= 0.3 is 0 Å². The van der Waals surface area contributed by atoms with Crippen LogP contribution < -0.4 is 10.5 Å². The number of hydrogen-bond donors (Lipinski definition) is 3. The molecule has 12 heteroatoms. The summed E-state index contributed by atoms with van der Waals surface area (Å²) in [7, 11) is 2.99. The van der Waals surface area contributed by atoms with E-state index in [0.29, 0.717) is 40.8 Å². The number of rotatable bonds is 7. The molecule has 226 valence electrons. The van der Waals surface area contributed by atoms with Crippen molar-refractivity contribution >= 4 is 23.0 Å². The monoisotopic (exact) mass is 599 g/mol. The molecule has 0 bridgehead atoms. The van der Waals surface area contributed by atoms with E-state index in [1.165, 1.54) is 29.6 Å². The van der Waals surface area contributed by atoms with E-state index >= 15 is 4.39 Å². The van der Waals surface area contributed by atoms with E-state index in [-0.39, 0.29) is 24.1 Å². The number of likely N-dealkylation sites (N-methyl/N-ethyl adjacent to an activating group) is 1. The van der Waals surface area contributed by atoms with Gasteiger partial charge in [0.2, 0.25) is 11.7 Å². The van der Waals surface area contributed by atoms with E-state index in [1.54, 1.807) is 59.5 Å². The number of aromatic nitrogens is 3. The van der Waals surface area contributed by atoms with Crippen LogP contribution in [-0.2, 0) is 13.5 Å². The van der Waals surface area contributed by atoms with Crippen molar-refractivity contribution in [3.8, 4) is 17.3 Å². The third kappa shape index (κ3) is 5.07. The summed E-state index contributed by atoms with van der Waals surface area (Å²) in [5.41, 5.74) is 2.21. The molecule has 0 saturated heterocycles. The molecule has 0 radical (unpaired) electrons. The van der Waals surface area contributed by atoms with Crippen molar-refractivity contribution in [1.29, 1.82) is 0 Å². The lowest BCUT2D eigenvalue weighted by Crippen LogP contribution is -2.41. The van der Waals surface area contributed by atoms with Crippen molar-refractivity contribution in [3.63, 3.8) is 0 Å². The molecule has 0 fully saturated rings. The molecule has 5 aromatic rings. The van der Waals surface area contributed by atoms with Crippen LogP contribution in [0.3, 0.4) is 0 Å². The highest BCUT2D eigenvalue weighted by Crippen LogP contribution is 2.40. The standard InChI is InChI=1S/C32H30FN5O6/c1-36(16-20(40)17-39)30(42)19-12-11-18-13-14-38(27(22(18)15-19)21-7-3-4-8-23(21)33)32-35-26(28(41)31(43)37(32)2)29-34-24-9-5-6-10-25(24)44-29/h3-12,15,20,27,39-41H,13-14,16-17H2,1-2H3. The SMILES string of the molecule is CN(CC(O)CO)C(=O)c1ccc2c(c1)C(c1ccccc1F)N(c1nc(-c3nc4ccccc4o3)c(O)c(=O)n1C)CC2. The number of halogens is 1. The first-order valence-corrected chi connectivity index (χ1v) is 14.0. The number of oxazole rings is 1. The number of aliphatic hydroxyl groups excluding tert-OH is 2. The Morgan fingerprint density at radius 3 is 2.61 bits per heavy atom. The number of aromatic hydroxyl groups is 1. The number of fused-ring (bicyclic) bond motifs is 2. The summed E-state index contributed by atoms with van der Waals surface area (Å²) in [6.45, 7) is -0.233. The Balaban J connectivity index is 1.50. The first kappa shape index (κ1) is 29.0. The second-order valence-electron chi connectivity index (χ2n) is 10.8. The Labute approximate surface area is 251 Å². The molecule has 2 aromatic heterocycles. The summed E-state index contributed by atoms with van der Waals surface area (Å²) in [4.78, 5) is 38.8. The molecule has 11 nitrogen and oxygen atoms in total. The summed E-state index contributed by atoms with van der Waals surface area (Å²) in [5, 5.41) is 29.9. The van der Waals surface area contributed by atoms with Crippen LogP contribution in [0.1, 0.15) is 33.1 Å². The van der Waals surface area contributed by atoms with E-state index in [9.17, 15) is 24.9 Å². The Kier molecular flexibility index (Phi) is 7.62. The Bertz CT molecular complexity index is 1910. The van der Waals surface area contributed by atoms with Crippen LogP contribution in [0.15, 0.2) is 75.9 Å². The third-order valence-corrected chi connectivity index (χ3v) is 7.86. The zero-order chi connectivity index (χ0) is 31.1. The van der Waals surface area contributed by atoms with Gasteiger partial charge in [0, 0.05) is 38.3 Å². The van der Waals surface area contributed by atoms with Crippen LogP contribution in [0.2, 0.25) is 0 Å². The second kappa shape index (κ2) is 11.5. The molecule has 2 atom stereocenters. The number of benzene rings is 3. The Morgan fingerprint density at radius 1 is 1.11 bits per heavy atom. The van der Waals surface area contributed by atoms with Gasteiger partial charge in [0.25, 0.3) is 17.4 Å². The fraction of sp³-hybridized carbons (Fsp3) is 0.250. The summed E-state index contributed by atoms with van der Waals surface area (Å²) < 4.78 is 22.5. The van der Waals surface area contributed by atoms with Gasteiger partial charge in [-0.15, -0.1) is 0 Å². The lowest BCUT2D eigenvalue weighted by Gasteiger charge is -2.39. The van der Waals surface area contributed by atoms with E-state index in [1.807, 2.05) is 6.07 Å². The van der Waals surface area contributed by atoms with Gasteiger partial charge in [0.1, 0.15) is 11.3 Å². The smallest absolute Gasteiger partial charge is 0.297 e. The van der Waals surface area contributed by atoms with E-state index in [2.05, 4.69) is 9.97 Å². The molecule has 0 spiro atoms. The first-order chi connectivity index (χ1) is 21.2. The third-order valence-electron chi connectivity index (χ3n) is 7.86. The van der Waals surface area contributed by atoms with Gasteiger partial charge < -0.3 is 29.5 Å². The highest BCUT2D eigenvalue weighted by Gasteiger charge is 2.35. The van der Waals surface area contributed by atoms with Gasteiger partial charge in [0.05, 0.1) is 18.8 Å². The van der Waals surface area contributed by atoms with Gasteiger partial charge in [-0.3, -0.25) is 14.2 Å². The average molecular weight is 600 g/mol. The number of carbonyl (C=O) groups excluding carboxylic acids is 1. The normalized spacial score (nSPS) is 15.3. The van der Waals surface area contributed by atoms with Crippen LogP contribution in [-0.4, -0.2) is 73.5 Å². The van der Waals surface area contributed by atoms with Gasteiger partial charge in [-0.2, -0.15) is 0 Å². The number of carbonyl (C=O) groups is 1. The van der Waals surface area contributed by atoms with Crippen molar-refractivity contribution in [2.45, 2.75) is 18.6 Å². The van der Waals surface area contributed by atoms with Crippen molar-refractivity contribution in [3.05, 3.63) is 105 Å². The highest BCUT2D eigenvalue weighted by molar-refractivity contribution is 5.94.